The minimum atomic E-state index is -0.497. The minimum absolute atomic E-state index is 0.0167. The number of benzene rings is 2. The van der Waals surface area contributed by atoms with Crippen LogP contribution in [0.5, 0.6) is 11.5 Å². The van der Waals surface area contributed by atoms with E-state index in [0.717, 1.165) is 5.56 Å². The second kappa shape index (κ2) is 8.36. The van der Waals surface area contributed by atoms with Gasteiger partial charge in [-0.15, -0.1) is 0 Å². The molecule has 0 saturated heterocycles. The Balaban J connectivity index is 2.11. The van der Waals surface area contributed by atoms with Crippen LogP contribution in [-0.4, -0.2) is 19.0 Å². The predicted molar refractivity (Wildman–Crippen MR) is 91.3 cm³/mol. The molecule has 1 atom stereocenters. The molecule has 5 nitrogen and oxygen atoms in total. The van der Waals surface area contributed by atoms with Gasteiger partial charge in [0.05, 0.1) is 24.6 Å². The summed E-state index contributed by atoms with van der Waals surface area (Å²) in [5.74, 6) is 0.262. The van der Waals surface area contributed by atoms with E-state index in [0.29, 0.717) is 16.5 Å². The molecule has 6 heteroatoms. The predicted octanol–water partition coefficient (Wildman–Crippen LogP) is 3.52. The molecule has 0 saturated carbocycles. The fourth-order valence-electron chi connectivity index (χ4n) is 2.19. The first-order chi connectivity index (χ1) is 11.5. The van der Waals surface area contributed by atoms with Crippen molar-refractivity contribution in [3.05, 3.63) is 59.1 Å². The lowest BCUT2D eigenvalue weighted by molar-refractivity contribution is -0.135. The third-order valence-corrected chi connectivity index (χ3v) is 3.64. The van der Waals surface area contributed by atoms with Gasteiger partial charge in [0.15, 0.2) is 0 Å². The van der Waals surface area contributed by atoms with Crippen LogP contribution in [0.1, 0.15) is 24.9 Å². The maximum absolute atomic E-state index is 12.2. The summed E-state index contributed by atoms with van der Waals surface area (Å²) >= 11 is 5.98. The molecule has 1 N–H and O–H groups in total. The Morgan fingerprint density at radius 2 is 1.79 bits per heavy atom. The topological polar surface area (TPSA) is 64.6 Å². The zero-order valence-electron chi connectivity index (χ0n) is 13.4. The molecule has 0 aliphatic rings. The van der Waals surface area contributed by atoms with Crippen LogP contribution in [0.25, 0.3) is 0 Å². The van der Waals surface area contributed by atoms with E-state index in [1.165, 1.54) is 6.92 Å². The Kier molecular flexibility index (Phi) is 6.21. The maximum atomic E-state index is 12.2. The van der Waals surface area contributed by atoms with Crippen LogP contribution < -0.4 is 14.8 Å². The molecule has 0 radical (unpaired) electrons. The SMILES string of the molecule is COc1ccc(C(CC(=O)Oc2ccccc2Cl)NC(C)=O)cc1. The van der Waals surface area contributed by atoms with E-state index in [1.54, 1.807) is 55.6 Å². The summed E-state index contributed by atoms with van der Waals surface area (Å²) in [6.07, 6.45) is -0.0167. The van der Waals surface area contributed by atoms with Crippen molar-refractivity contribution in [2.24, 2.45) is 0 Å². The van der Waals surface area contributed by atoms with Gasteiger partial charge in [0.2, 0.25) is 5.91 Å². The van der Waals surface area contributed by atoms with Gasteiger partial charge in [-0.1, -0.05) is 35.9 Å². The molecule has 24 heavy (non-hydrogen) atoms. The molecule has 2 rings (SSSR count). The van der Waals surface area contributed by atoms with Crippen LogP contribution in [0.15, 0.2) is 48.5 Å². The van der Waals surface area contributed by atoms with Gasteiger partial charge in [0, 0.05) is 6.92 Å². The van der Waals surface area contributed by atoms with E-state index in [9.17, 15) is 9.59 Å². The minimum Gasteiger partial charge on any atom is -0.497 e. The number of hydrogen-bond acceptors (Lipinski definition) is 4. The Morgan fingerprint density at radius 1 is 1.12 bits per heavy atom. The van der Waals surface area contributed by atoms with Crippen LogP contribution in [0.4, 0.5) is 0 Å². The zero-order valence-corrected chi connectivity index (χ0v) is 14.2. The number of hydrogen-bond donors (Lipinski definition) is 1. The van der Waals surface area contributed by atoms with E-state index in [4.69, 9.17) is 21.1 Å². The summed E-state index contributed by atoms with van der Waals surface area (Å²) in [4.78, 5) is 23.6. The van der Waals surface area contributed by atoms with E-state index < -0.39 is 12.0 Å². The number of carbonyl (C=O) groups is 2. The molecule has 0 bridgehead atoms. The number of rotatable bonds is 6. The molecule has 1 unspecified atom stereocenters. The first-order valence-corrected chi connectivity index (χ1v) is 7.73. The lowest BCUT2D eigenvalue weighted by Crippen LogP contribution is -2.29. The molecule has 126 valence electrons. The molecule has 2 aromatic rings. The molecule has 0 heterocycles. The highest BCUT2D eigenvalue weighted by Gasteiger charge is 2.19. The fraction of sp³-hybridized carbons (Fsp3) is 0.222. The Labute approximate surface area is 145 Å². The van der Waals surface area contributed by atoms with Crippen LogP contribution in [-0.2, 0) is 9.59 Å². The van der Waals surface area contributed by atoms with E-state index in [1.807, 2.05) is 0 Å². The standard InChI is InChI=1S/C18H18ClNO4/c1-12(21)20-16(13-7-9-14(23-2)10-8-13)11-18(22)24-17-6-4-3-5-15(17)19/h3-10,16H,11H2,1-2H3,(H,20,21). The first kappa shape index (κ1) is 17.8. The quantitative estimate of drug-likeness (QED) is 0.641. The lowest BCUT2D eigenvalue weighted by Gasteiger charge is -2.18. The number of para-hydroxylation sites is 1. The van der Waals surface area contributed by atoms with Crippen LogP contribution in [0.2, 0.25) is 5.02 Å². The number of carbonyl (C=O) groups excluding carboxylic acids is 2. The molecule has 0 spiro atoms. The van der Waals surface area contributed by atoms with Crippen LogP contribution in [0.3, 0.4) is 0 Å². The first-order valence-electron chi connectivity index (χ1n) is 7.36. The molecule has 0 aliphatic carbocycles. The molecular formula is C18H18ClNO4. The van der Waals surface area contributed by atoms with Crippen molar-refractivity contribution in [3.8, 4) is 11.5 Å². The summed E-state index contributed by atoms with van der Waals surface area (Å²) < 4.78 is 10.4. The van der Waals surface area contributed by atoms with Gasteiger partial charge in [-0.25, -0.2) is 0 Å². The highest BCUT2D eigenvalue weighted by molar-refractivity contribution is 6.32. The number of nitrogens with one attached hydrogen (secondary N) is 1. The highest BCUT2D eigenvalue weighted by Crippen LogP contribution is 2.25. The molecule has 0 fully saturated rings. The number of ether oxygens (including phenoxy) is 2. The van der Waals surface area contributed by atoms with Crippen molar-refractivity contribution in [2.75, 3.05) is 7.11 Å². The van der Waals surface area contributed by atoms with Gasteiger partial charge in [0.1, 0.15) is 11.5 Å². The zero-order chi connectivity index (χ0) is 17.5. The second-order valence-corrected chi connectivity index (χ2v) is 5.54. The monoisotopic (exact) mass is 347 g/mol. The third kappa shape index (κ3) is 4.99. The van der Waals surface area contributed by atoms with Gasteiger partial charge >= 0.3 is 5.97 Å². The number of halogens is 1. The summed E-state index contributed by atoms with van der Waals surface area (Å²) in [7, 11) is 1.57. The second-order valence-electron chi connectivity index (χ2n) is 5.13. The third-order valence-electron chi connectivity index (χ3n) is 3.33. The smallest absolute Gasteiger partial charge is 0.313 e. The normalized spacial score (nSPS) is 11.5. The molecule has 2 aromatic carbocycles. The summed E-state index contributed by atoms with van der Waals surface area (Å²) in [6, 6.07) is 13.3. The Morgan fingerprint density at radius 3 is 2.38 bits per heavy atom. The van der Waals surface area contributed by atoms with E-state index >= 15 is 0 Å². The summed E-state index contributed by atoms with van der Waals surface area (Å²) in [6.45, 7) is 1.40. The van der Waals surface area contributed by atoms with E-state index in [-0.39, 0.29) is 12.3 Å². The average Bonchev–Trinajstić information content (AvgIpc) is 2.56. The molecule has 1 amide bonds. The van der Waals surface area contributed by atoms with Crippen LogP contribution >= 0.6 is 11.6 Å². The summed E-state index contributed by atoms with van der Waals surface area (Å²) in [5, 5.41) is 3.10. The van der Waals surface area contributed by atoms with Gasteiger partial charge in [0.25, 0.3) is 0 Å². The largest absolute Gasteiger partial charge is 0.497 e. The lowest BCUT2D eigenvalue weighted by atomic mass is 10.0. The molecular weight excluding hydrogens is 330 g/mol. The van der Waals surface area contributed by atoms with Gasteiger partial charge in [-0.3, -0.25) is 9.59 Å². The number of amides is 1. The van der Waals surface area contributed by atoms with Crippen molar-refractivity contribution >= 4 is 23.5 Å². The van der Waals surface area contributed by atoms with Crippen LogP contribution in [0, 0.1) is 0 Å². The highest BCUT2D eigenvalue weighted by atomic mass is 35.5. The van der Waals surface area contributed by atoms with E-state index in [2.05, 4.69) is 5.32 Å². The molecule has 0 aromatic heterocycles. The van der Waals surface area contributed by atoms with Gasteiger partial charge in [-0.2, -0.15) is 0 Å². The van der Waals surface area contributed by atoms with Gasteiger partial charge < -0.3 is 14.8 Å². The van der Waals surface area contributed by atoms with Crippen molar-refractivity contribution in [3.63, 3.8) is 0 Å². The molecule has 0 aliphatic heterocycles. The van der Waals surface area contributed by atoms with Crippen molar-refractivity contribution < 1.29 is 19.1 Å². The Hall–Kier alpha value is -2.53. The number of esters is 1. The van der Waals surface area contributed by atoms with Crippen molar-refractivity contribution in [2.45, 2.75) is 19.4 Å². The fourth-order valence-corrected chi connectivity index (χ4v) is 2.37. The Bertz CT molecular complexity index is 715. The van der Waals surface area contributed by atoms with Crippen molar-refractivity contribution in [1.29, 1.82) is 0 Å². The average molecular weight is 348 g/mol. The van der Waals surface area contributed by atoms with Crippen molar-refractivity contribution in [1.82, 2.24) is 5.32 Å². The number of methoxy groups -OCH3 is 1. The van der Waals surface area contributed by atoms with Gasteiger partial charge in [-0.05, 0) is 29.8 Å². The summed E-state index contributed by atoms with van der Waals surface area (Å²) in [5.41, 5.74) is 0.780. The maximum Gasteiger partial charge on any atom is 0.313 e.